The lowest BCUT2D eigenvalue weighted by Gasteiger charge is -2.11. The first-order chi connectivity index (χ1) is 15.0. The number of carbonyl (C=O) groups excluding carboxylic acids is 3. The Morgan fingerprint density at radius 2 is 1.55 bits per heavy atom. The topological polar surface area (TPSA) is 81.7 Å². The molecule has 3 aromatic carbocycles. The van der Waals surface area contributed by atoms with Crippen LogP contribution in [0.4, 0.5) is 10.5 Å². The number of nitrogens with one attached hydrogen (secondary N) is 1. The van der Waals surface area contributed by atoms with Gasteiger partial charge in [-0.25, -0.2) is 4.79 Å². The van der Waals surface area contributed by atoms with Crippen LogP contribution in [0.1, 0.15) is 26.3 Å². The fraction of sp³-hybridized carbons (Fsp3) is 0.0417. The Balaban J connectivity index is 1.54. The maximum atomic E-state index is 12.6. The van der Waals surface area contributed by atoms with Gasteiger partial charge in [0.05, 0.1) is 12.7 Å². The molecule has 0 saturated carbocycles. The van der Waals surface area contributed by atoms with Crippen molar-refractivity contribution in [3.63, 3.8) is 0 Å². The highest BCUT2D eigenvalue weighted by atomic mass is 35.5. The van der Waals surface area contributed by atoms with Gasteiger partial charge in [0.2, 0.25) is 0 Å². The molecular formula is C24H16ClNO5. The lowest BCUT2D eigenvalue weighted by atomic mass is 10.1. The van der Waals surface area contributed by atoms with Gasteiger partial charge in [0.15, 0.2) is 23.1 Å². The summed E-state index contributed by atoms with van der Waals surface area (Å²) in [5.41, 5.74) is 1.95. The van der Waals surface area contributed by atoms with Gasteiger partial charge >= 0.3 is 6.09 Å². The number of ketones is 2. The zero-order chi connectivity index (χ0) is 22.0. The Bertz CT molecular complexity index is 1190. The molecular weight excluding hydrogens is 418 g/mol. The van der Waals surface area contributed by atoms with Gasteiger partial charge in [-0.3, -0.25) is 14.9 Å². The summed E-state index contributed by atoms with van der Waals surface area (Å²) in [6, 6.07) is 18.0. The van der Waals surface area contributed by atoms with Gasteiger partial charge in [0.25, 0.3) is 0 Å². The number of rotatable bonds is 4. The summed E-state index contributed by atoms with van der Waals surface area (Å²) in [5.74, 6) is -0.177. The monoisotopic (exact) mass is 433 g/mol. The molecule has 0 atom stereocenters. The van der Waals surface area contributed by atoms with Crippen molar-refractivity contribution < 1.29 is 23.9 Å². The number of methoxy groups -OCH3 is 1. The van der Waals surface area contributed by atoms with Crippen molar-refractivity contribution in [3.05, 3.63) is 94.0 Å². The number of benzene rings is 3. The van der Waals surface area contributed by atoms with Crippen molar-refractivity contribution in [2.24, 2.45) is 0 Å². The first-order valence-electron chi connectivity index (χ1n) is 9.29. The highest BCUT2D eigenvalue weighted by Gasteiger charge is 2.32. The molecule has 0 unspecified atom stereocenters. The third-order valence-corrected chi connectivity index (χ3v) is 4.95. The molecule has 4 rings (SSSR count). The Morgan fingerprint density at radius 1 is 0.903 bits per heavy atom. The molecule has 0 aromatic heterocycles. The molecule has 0 saturated heterocycles. The molecule has 1 amide bonds. The second-order valence-electron chi connectivity index (χ2n) is 6.69. The number of Topliss-reactive ketones (excluding diaryl/α,β-unsaturated/α-hetero) is 2. The SMILES string of the molecule is COc1cc(C=C2C(=O)c3ccccc3C2=O)ccc1OC(=O)Nc1ccc(Cl)cc1. The second kappa shape index (κ2) is 8.45. The standard InChI is InChI=1S/C24H16ClNO5/c1-30-21-13-14(12-19-22(27)17-4-2-3-5-18(17)23(19)28)6-11-20(21)31-24(29)26-16-9-7-15(25)8-10-16/h2-13H,1H3,(H,26,29). The smallest absolute Gasteiger partial charge is 0.417 e. The van der Waals surface area contributed by atoms with Gasteiger partial charge in [-0.1, -0.05) is 41.9 Å². The third-order valence-electron chi connectivity index (χ3n) is 4.70. The predicted octanol–water partition coefficient (Wildman–Crippen LogP) is 5.42. The normalized spacial score (nSPS) is 12.4. The summed E-state index contributed by atoms with van der Waals surface area (Å²) >= 11 is 5.83. The third kappa shape index (κ3) is 4.20. The Morgan fingerprint density at radius 3 is 2.16 bits per heavy atom. The number of allylic oxidation sites excluding steroid dienone is 1. The number of hydrogen-bond acceptors (Lipinski definition) is 5. The van der Waals surface area contributed by atoms with E-state index in [1.807, 2.05) is 0 Å². The van der Waals surface area contributed by atoms with Crippen LogP contribution in [-0.2, 0) is 0 Å². The largest absolute Gasteiger partial charge is 0.493 e. The molecule has 154 valence electrons. The van der Waals surface area contributed by atoms with E-state index in [-0.39, 0.29) is 28.6 Å². The fourth-order valence-corrected chi connectivity index (χ4v) is 3.33. The van der Waals surface area contributed by atoms with Gasteiger partial charge in [-0.15, -0.1) is 0 Å². The first kappa shape index (κ1) is 20.4. The molecule has 1 aliphatic rings. The lowest BCUT2D eigenvalue weighted by Crippen LogP contribution is -2.17. The highest BCUT2D eigenvalue weighted by molar-refractivity contribution is 6.41. The maximum absolute atomic E-state index is 12.6. The number of halogens is 1. The second-order valence-corrected chi connectivity index (χ2v) is 7.13. The molecule has 1 aliphatic carbocycles. The molecule has 0 radical (unpaired) electrons. The summed E-state index contributed by atoms with van der Waals surface area (Å²) in [4.78, 5) is 37.3. The van der Waals surface area contributed by atoms with Crippen LogP contribution in [0.15, 0.2) is 72.3 Å². The maximum Gasteiger partial charge on any atom is 0.417 e. The van der Waals surface area contributed by atoms with Crippen LogP contribution in [-0.4, -0.2) is 24.8 Å². The highest BCUT2D eigenvalue weighted by Crippen LogP contribution is 2.32. The van der Waals surface area contributed by atoms with E-state index in [0.717, 1.165) is 0 Å². The van der Waals surface area contributed by atoms with E-state index < -0.39 is 6.09 Å². The van der Waals surface area contributed by atoms with E-state index in [1.165, 1.54) is 19.3 Å². The van der Waals surface area contributed by atoms with Gasteiger partial charge in [-0.05, 0) is 48.0 Å². The summed E-state index contributed by atoms with van der Waals surface area (Å²) in [6.07, 6.45) is 0.799. The van der Waals surface area contributed by atoms with Crippen LogP contribution in [0.2, 0.25) is 5.02 Å². The zero-order valence-electron chi connectivity index (χ0n) is 16.3. The van der Waals surface area contributed by atoms with Crippen molar-refractivity contribution in [1.82, 2.24) is 0 Å². The van der Waals surface area contributed by atoms with E-state index in [9.17, 15) is 14.4 Å². The van der Waals surface area contributed by atoms with E-state index in [0.29, 0.717) is 27.4 Å². The summed E-state index contributed by atoms with van der Waals surface area (Å²) < 4.78 is 10.6. The summed E-state index contributed by atoms with van der Waals surface area (Å²) in [5, 5.41) is 3.14. The molecule has 31 heavy (non-hydrogen) atoms. The molecule has 0 bridgehead atoms. The van der Waals surface area contributed by atoms with Gasteiger partial charge < -0.3 is 9.47 Å². The van der Waals surface area contributed by atoms with Crippen LogP contribution in [0.5, 0.6) is 11.5 Å². The Kier molecular flexibility index (Phi) is 5.56. The summed E-state index contributed by atoms with van der Waals surface area (Å²) in [7, 11) is 1.43. The fourth-order valence-electron chi connectivity index (χ4n) is 3.20. The van der Waals surface area contributed by atoms with Crippen molar-refractivity contribution >= 4 is 41.0 Å². The van der Waals surface area contributed by atoms with E-state index in [4.69, 9.17) is 21.1 Å². The van der Waals surface area contributed by atoms with Crippen molar-refractivity contribution in [1.29, 1.82) is 0 Å². The summed E-state index contributed by atoms with van der Waals surface area (Å²) in [6.45, 7) is 0. The molecule has 0 heterocycles. The number of ether oxygens (including phenoxy) is 2. The quantitative estimate of drug-likeness (QED) is 0.438. The van der Waals surface area contributed by atoms with Crippen LogP contribution in [0, 0.1) is 0 Å². The molecule has 0 fully saturated rings. The lowest BCUT2D eigenvalue weighted by molar-refractivity contribution is 0.0990. The van der Waals surface area contributed by atoms with Crippen molar-refractivity contribution in [2.75, 3.05) is 12.4 Å². The van der Waals surface area contributed by atoms with E-state index in [2.05, 4.69) is 5.32 Å². The minimum absolute atomic E-state index is 0.0809. The molecule has 0 aliphatic heterocycles. The molecule has 7 heteroatoms. The van der Waals surface area contributed by atoms with Crippen molar-refractivity contribution in [3.8, 4) is 11.5 Å². The average molecular weight is 434 g/mol. The van der Waals surface area contributed by atoms with E-state index >= 15 is 0 Å². The minimum atomic E-state index is -0.705. The van der Waals surface area contributed by atoms with Crippen LogP contribution in [0.25, 0.3) is 6.08 Å². The van der Waals surface area contributed by atoms with Crippen LogP contribution in [0.3, 0.4) is 0 Å². The molecule has 3 aromatic rings. The number of anilines is 1. The molecule has 6 nitrogen and oxygen atoms in total. The van der Waals surface area contributed by atoms with Gasteiger partial charge in [0.1, 0.15) is 0 Å². The zero-order valence-corrected chi connectivity index (χ0v) is 17.1. The molecule has 0 spiro atoms. The first-order valence-corrected chi connectivity index (χ1v) is 9.66. The molecule has 1 N–H and O–H groups in total. The van der Waals surface area contributed by atoms with Crippen LogP contribution < -0.4 is 14.8 Å². The van der Waals surface area contributed by atoms with Crippen LogP contribution >= 0.6 is 11.6 Å². The minimum Gasteiger partial charge on any atom is -0.493 e. The average Bonchev–Trinajstić information content (AvgIpc) is 3.01. The predicted molar refractivity (Wildman–Crippen MR) is 117 cm³/mol. The van der Waals surface area contributed by atoms with E-state index in [1.54, 1.807) is 60.7 Å². The van der Waals surface area contributed by atoms with Gasteiger partial charge in [0, 0.05) is 21.8 Å². The number of carbonyl (C=O) groups is 3. The number of fused-ring (bicyclic) bond motifs is 1. The number of hydrogen-bond donors (Lipinski definition) is 1. The number of amides is 1. The Labute approximate surface area is 183 Å². The van der Waals surface area contributed by atoms with Gasteiger partial charge in [-0.2, -0.15) is 0 Å². The Hall–Kier alpha value is -3.90. The van der Waals surface area contributed by atoms with Crippen molar-refractivity contribution in [2.45, 2.75) is 0 Å².